The van der Waals surface area contributed by atoms with Crippen molar-refractivity contribution in [3.05, 3.63) is 36.5 Å². The van der Waals surface area contributed by atoms with Gasteiger partial charge in [0.1, 0.15) is 18.6 Å². The zero-order valence-corrected chi connectivity index (χ0v) is 13.9. The number of rotatable bonds is 5. The molecule has 0 spiro atoms. The quantitative estimate of drug-likeness (QED) is 0.744. The van der Waals surface area contributed by atoms with Gasteiger partial charge in [0.25, 0.3) is 5.91 Å². The van der Waals surface area contributed by atoms with Gasteiger partial charge in [-0.3, -0.25) is 9.48 Å². The van der Waals surface area contributed by atoms with Gasteiger partial charge in [0.2, 0.25) is 0 Å². The summed E-state index contributed by atoms with van der Waals surface area (Å²) in [7, 11) is 0. The first-order valence-corrected chi connectivity index (χ1v) is 7.66. The van der Waals surface area contributed by atoms with Crippen LogP contribution in [0.2, 0.25) is 0 Å². The van der Waals surface area contributed by atoms with E-state index in [9.17, 15) is 18.0 Å². The second-order valence-corrected chi connectivity index (χ2v) is 5.79. The fourth-order valence-electron chi connectivity index (χ4n) is 2.38. The SMILES string of the molecule is CC(C)Oc1ccc2c(NC(=O)c3cocn3)nn(CC(F)(F)F)c2c1. The van der Waals surface area contributed by atoms with E-state index in [0.717, 1.165) is 17.3 Å². The van der Waals surface area contributed by atoms with E-state index in [4.69, 9.17) is 9.15 Å². The smallest absolute Gasteiger partial charge is 0.408 e. The fraction of sp³-hybridized carbons (Fsp3) is 0.312. The molecule has 1 aromatic carbocycles. The number of halogens is 3. The van der Waals surface area contributed by atoms with Crippen molar-refractivity contribution in [2.24, 2.45) is 0 Å². The molecule has 1 N–H and O–H groups in total. The van der Waals surface area contributed by atoms with Crippen LogP contribution in [0.1, 0.15) is 24.3 Å². The maximum absolute atomic E-state index is 12.9. The molecule has 0 atom stereocenters. The van der Waals surface area contributed by atoms with E-state index in [0.29, 0.717) is 11.1 Å². The molecule has 0 unspecified atom stereocenters. The molecule has 0 aliphatic heterocycles. The third kappa shape index (κ3) is 3.95. The Balaban J connectivity index is 2.01. The molecule has 0 radical (unpaired) electrons. The highest BCUT2D eigenvalue weighted by Crippen LogP contribution is 2.30. The average Bonchev–Trinajstić information content (AvgIpc) is 3.15. The predicted octanol–water partition coefficient (Wildman–Crippen LogP) is 3.63. The van der Waals surface area contributed by atoms with Crippen LogP contribution in [0.15, 0.2) is 35.3 Å². The molecule has 138 valence electrons. The molecule has 10 heteroatoms. The topological polar surface area (TPSA) is 82.2 Å². The van der Waals surface area contributed by atoms with E-state index >= 15 is 0 Å². The van der Waals surface area contributed by atoms with Crippen LogP contribution in [0.3, 0.4) is 0 Å². The molecule has 3 rings (SSSR count). The van der Waals surface area contributed by atoms with Crippen molar-refractivity contribution in [1.82, 2.24) is 14.8 Å². The summed E-state index contributed by atoms with van der Waals surface area (Å²) in [6.45, 7) is 2.32. The number of aromatic nitrogens is 3. The third-order valence-corrected chi connectivity index (χ3v) is 3.32. The number of nitrogens with zero attached hydrogens (tertiary/aromatic N) is 3. The zero-order valence-electron chi connectivity index (χ0n) is 13.9. The minimum Gasteiger partial charge on any atom is -0.491 e. The molecule has 26 heavy (non-hydrogen) atoms. The van der Waals surface area contributed by atoms with Gasteiger partial charge >= 0.3 is 6.18 Å². The Morgan fingerprint density at radius 3 is 2.77 bits per heavy atom. The van der Waals surface area contributed by atoms with Crippen LogP contribution in [0.25, 0.3) is 10.9 Å². The van der Waals surface area contributed by atoms with E-state index in [1.54, 1.807) is 26.0 Å². The standard InChI is InChI=1S/C16H15F3N4O3/c1-9(2)26-10-3-4-11-13(5-10)23(7-16(17,18)19)22-14(11)21-15(24)12-6-25-8-20-12/h3-6,8-9H,7H2,1-2H3,(H,21,22,24). The number of oxazole rings is 1. The number of benzene rings is 1. The number of nitrogens with one attached hydrogen (secondary N) is 1. The first-order valence-electron chi connectivity index (χ1n) is 7.66. The second kappa shape index (κ2) is 6.70. The van der Waals surface area contributed by atoms with E-state index in [2.05, 4.69) is 15.4 Å². The van der Waals surface area contributed by atoms with E-state index in [1.807, 2.05) is 0 Å². The Labute approximate surface area is 145 Å². The lowest BCUT2D eigenvalue weighted by Gasteiger charge is -2.11. The molecule has 0 aliphatic carbocycles. The summed E-state index contributed by atoms with van der Waals surface area (Å²) in [5.74, 6) is -0.238. The van der Waals surface area contributed by atoms with Gasteiger partial charge in [-0.05, 0) is 26.0 Å². The summed E-state index contributed by atoms with van der Waals surface area (Å²) in [4.78, 5) is 15.8. The maximum atomic E-state index is 12.9. The molecule has 7 nitrogen and oxygen atoms in total. The minimum absolute atomic E-state index is 0.00616. The number of ether oxygens (including phenoxy) is 1. The number of hydrogen-bond acceptors (Lipinski definition) is 5. The van der Waals surface area contributed by atoms with Crippen molar-refractivity contribution < 1.29 is 27.1 Å². The lowest BCUT2D eigenvalue weighted by Crippen LogP contribution is -2.19. The number of hydrogen-bond donors (Lipinski definition) is 1. The molecule has 0 bridgehead atoms. The molecular formula is C16H15F3N4O3. The number of amides is 1. The molecule has 0 fully saturated rings. The molecule has 0 aliphatic rings. The van der Waals surface area contributed by atoms with Crippen LogP contribution in [-0.4, -0.2) is 33.0 Å². The van der Waals surface area contributed by atoms with Crippen molar-refractivity contribution in [2.75, 3.05) is 5.32 Å². The van der Waals surface area contributed by atoms with Crippen molar-refractivity contribution >= 4 is 22.6 Å². The molecule has 2 heterocycles. The predicted molar refractivity (Wildman–Crippen MR) is 86.0 cm³/mol. The monoisotopic (exact) mass is 368 g/mol. The third-order valence-electron chi connectivity index (χ3n) is 3.32. The Morgan fingerprint density at radius 2 is 2.15 bits per heavy atom. The molecular weight excluding hydrogens is 353 g/mol. The summed E-state index contributed by atoms with van der Waals surface area (Å²) in [6.07, 6.45) is -2.41. The number of fused-ring (bicyclic) bond motifs is 1. The number of carbonyl (C=O) groups is 1. The van der Waals surface area contributed by atoms with Crippen molar-refractivity contribution in [1.29, 1.82) is 0 Å². The van der Waals surface area contributed by atoms with E-state index in [-0.39, 0.29) is 23.1 Å². The average molecular weight is 368 g/mol. The Morgan fingerprint density at radius 1 is 1.38 bits per heavy atom. The van der Waals surface area contributed by atoms with Crippen molar-refractivity contribution in [3.63, 3.8) is 0 Å². The highest BCUT2D eigenvalue weighted by atomic mass is 19.4. The number of carbonyl (C=O) groups excluding carboxylic acids is 1. The van der Waals surface area contributed by atoms with Gasteiger partial charge in [-0.15, -0.1) is 0 Å². The van der Waals surface area contributed by atoms with Crippen LogP contribution in [0, 0.1) is 0 Å². The molecule has 0 saturated carbocycles. The summed E-state index contributed by atoms with van der Waals surface area (Å²) in [6, 6.07) is 4.61. The summed E-state index contributed by atoms with van der Waals surface area (Å²) in [5.41, 5.74) is 0.180. The van der Waals surface area contributed by atoms with Gasteiger partial charge in [0, 0.05) is 11.5 Å². The van der Waals surface area contributed by atoms with Crippen LogP contribution in [0.4, 0.5) is 19.0 Å². The second-order valence-electron chi connectivity index (χ2n) is 5.79. The van der Waals surface area contributed by atoms with Crippen molar-refractivity contribution in [3.8, 4) is 5.75 Å². The van der Waals surface area contributed by atoms with Crippen LogP contribution in [-0.2, 0) is 6.54 Å². The molecule has 3 aromatic rings. The van der Waals surface area contributed by atoms with Gasteiger partial charge in [-0.2, -0.15) is 18.3 Å². The molecule has 0 saturated heterocycles. The highest BCUT2D eigenvalue weighted by Gasteiger charge is 2.30. The van der Waals surface area contributed by atoms with Gasteiger partial charge in [0.15, 0.2) is 17.9 Å². The Bertz CT molecular complexity index is 917. The Hall–Kier alpha value is -3.04. The summed E-state index contributed by atoms with van der Waals surface area (Å²) in [5, 5.41) is 6.70. The van der Waals surface area contributed by atoms with E-state index < -0.39 is 18.6 Å². The highest BCUT2D eigenvalue weighted by molar-refractivity contribution is 6.06. The van der Waals surface area contributed by atoms with Gasteiger partial charge < -0.3 is 14.5 Å². The largest absolute Gasteiger partial charge is 0.491 e. The minimum atomic E-state index is -4.47. The van der Waals surface area contributed by atoms with Crippen LogP contribution >= 0.6 is 0 Å². The first kappa shape index (κ1) is 17.8. The normalized spacial score (nSPS) is 11.9. The maximum Gasteiger partial charge on any atom is 0.408 e. The summed E-state index contributed by atoms with van der Waals surface area (Å²) >= 11 is 0. The van der Waals surface area contributed by atoms with E-state index in [1.165, 1.54) is 6.07 Å². The molecule has 1 amide bonds. The lowest BCUT2D eigenvalue weighted by molar-refractivity contribution is -0.141. The van der Waals surface area contributed by atoms with Gasteiger partial charge in [-0.25, -0.2) is 4.98 Å². The van der Waals surface area contributed by atoms with Crippen LogP contribution in [0.5, 0.6) is 5.75 Å². The number of anilines is 1. The lowest BCUT2D eigenvalue weighted by atomic mass is 10.2. The molecule has 2 aromatic heterocycles. The fourth-order valence-corrected chi connectivity index (χ4v) is 2.38. The summed E-state index contributed by atoms with van der Waals surface area (Å²) < 4.78 is 49.6. The van der Waals surface area contributed by atoms with Crippen LogP contribution < -0.4 is 10.1 Å². The van der Waals surface area contributed by atoms with Gasteiger partial charge in [-0.1, -0.05) is 0 Å². The first-order chi connectivity index (χ1) is 12.2. The Kier molecular flexibility index (Phi) is 4.58. The van der Waals surface area contributed by atoms with Gasteiger partial charge in [0.05, 0.1) is 11.6 Å². The van der Waals surface area contributed by atoms with Crippen molar-refractivity contribution in [2.45, 2.75) is 32.7 Å². The zero-order chi connectivity index (χ0) is 18.9. The number of alkyl halides is 3.